The summed E-state index contributed by atoms with van der Waals surface area (Å²) in [5, 5.41) is 2.79. The van der Waals surface area contributed by atoms with Gasteiger partial charge in [-0.2, -0.15) is 0 Å². The predicted octanol–water partition coefficient (Wildman–Crippen LogP) is 27.6. The lowest BCUT2D eigenvalue weighted by atomic mass is 9.97. The number of para-hydroxylation sites is 2. The Morgan fingerprint density at radius 1 is 0.200 bits per heavy atom. The summed E-state index contributed by atoms with van der Waals surface area (Å²) in [7, 11) is 0. The molecule has 100 heavy (non-hydrogen) atoms. The minimum absolute atomic E-state index is 0.0152. The molecular weight excluding hydrogens is 1210 g/mol. The van der Waals surface area contributed by atoms with Gasteiger partial charge in [0, 0.05) is 55.7 Å². The molecule has 0 aliphatic rings. The van der Waals surface area contributed by atoms with Crippen molar-refractivity contribution in [2.45, 2.75) is 0 Å². The average molecular weight is 1310 g/mol. The zero-order valence-electron chi connectivity index (χ0n) is 82.3. The Bertz CT molecular complexity index is 7850. The smallest absolute Gasteiger partial charge is 0.136 e. The van der Waals surface area contributed by atoms with E-state index in [0.29, 0.717) is 39.4 Å². The predicted molar refractivity (Wildman–Crippen MR) is 422 cm³/mol. The summed E-state index contributed by atoms with van der Waals surface area (Å²) in [6, 6.07) is 46.4. The van der Waals surface area contributed by atoms with Crippen LogP contribution in [-0.4, -0.2) is 0 Å². The molecule has 0 radical (unpaired) electrons. The molecule has 0 amide bonds. The largest absolute Gasteiger partial charge is 0.456 e. The Hall–Kier alpha value is -13.3. The number of rotatable bonds is 12. The fraction of sp³-hybridized carbons (Fsp3) is 0. The van der Waals surface area contributed by atoms with Gasteiger partial charge < -0.3 is 18.6 Å². The van der Waals surface area contributed by atoms with Gasteiger partial charge in [0.1, 0.15) is 22.3 Å². The van der Waals surface area contributed by atoms with Crippen molar-refractivity contribution in [1.82, 2.24) is 0 Å². The van der Waals surface area contributed by atoms with Crippen LogP contribution in [0.25, 0.3) is 143 Å². The van der Waals surface area contributed by atoms with Crippen LogP contribution in [0.4, 0.5) is 34.1 Å². The molecule has 4 nitrogen and oxygen atoms in total. The second kappa shape index (κ2) is 25.7. The molecule has 2 aromatic heterocycles. The summed E-state index contributed by atoms with van der Waals surface area (Å²) in [6.07, 6.45) is 0. The number of hydrogen-bond donors (Lipinski definition) is 0. The number of nitrogens with zero attached hydrogens (tertiary/aromatic N) is 2. The minimum Gasteiger partial charge on any atom is -0.456 e. The molecular formula is C96H64N2O2. The molecule has 0 unspecified atom stereocenters. The van der Waals surface area contributed by atoms with Crippen molar-refractivity contribution in [3.8, 4) is 66.8 Å². The number of benzene rings is 17. The molecule has 19 aromatic rings. The third-order valence-electron chi connectivity index (χ3n) is 17.3. The van der Waals surface area contributed by atoms with E-state index in [1.807, 2.05) is 126 Å². The molecule has 0 bridgehead atoms. The molecule has 4 heteroatoms. The zero-order valence-corrected chi connectivity index (χ0v) is 52.3. The fourth-order valence-electron chi connectivity index (χ4n) is 12.6. The van der Waals surface area contributed by atoms with Crippen molar-refractivity contribution >= 4 is 110 Å². The molecule has 0 aliphatic carbocycles. The van der Waals surface area contributed by atoms with Gasteiger partial charge in [-0.3, -0.25) is 0 Å². The Labute approximate surface area is 622 Å². The number of hydrogen-bond acceptors (Lipinski definition) is 4. The third kappa shape index (κ3) is 11.3. The van der Waals surface area contributed by atoms with E-state index >= 15 is 0 Å². The van der Waals surface area contributed by atoms with Crippen molar-refractivity contribution in [3.05, 3.63) is 388 Å². The first kappa shape index (κ1) is 35.6. The number of furan rings is 2. The van der Waals surface area contributed by atoms with Crippen LogP contribution in [0.3, 0.4) is 0 Å². The van der Waals surface area contributed by atoms with Gasteiger partial charge in [0.25, 0.3) is 0 Å². The van der Waals surface area contributed by atoms with Crippen LogP contribution in [0.2, 0.25) is 0 Å². The van der Waals surface area contributed by atoms with Crippen LogP contribution >= 0.6 is 0 Å². The summed E-state index contributed by atoms with van der Waals surface area (Å²) >= 11 is 0. The van der Waals surface area contributed by atoms with Crippen LogP contribution in [0.1, 0.15) is 41.1 Å². The van der Waals surface area contributed by atoms with Crippen LogP contribution < -0.4 is 9.80 Å². The quantitative estimate of drug-likeness (QED) is 0.122. The lowest BCUT2D eigenvalue weighted by molar-refractivity contribution is 0.668. The molecule has 0 atom stereocenters. The average Bonchev–Trinajstić information content (AvgIpc) is 1.14. The van der Waals surface area contributed by atoms with Crippen molar-refractivity contribution in [2.24, 2.45) is 0 Å². The Balaban J connectivity index is 0.000000175. The van der Waals surface area contributed by atoms with Gasteiger partial charge in [-0.1, -0.05) is 278 Å². The highest BCUT2D eigenvalue weighted by atomic mass is 16.3. The second-order valence-electron chi connectivity index (χ2n) is 23.2. The summed E-state index contributed by atoms with van der Waals surface area (Å²) in [6.45, 7) is 0. The van der Waals surface area contributed by atoms with E-state index in [1.54, 1.807) is 72.8 Å². The standard InChI is InChI=1S/C50H33NO.C46H31NO/c1-3-10-39-32-41(18-16-34(39)8-1)36-20-26-43(27-21-36)51(44-28-22-37(23-29-44)42-19-17-35-9-2-4-11-40(35)33-42)45-30-24-38(25-31-45)46-13-7-15-49-50(46)47-12-5-6-14-48(47)52-49;1-2-10-32(11-3-1)33-20-26-37(27-21-33)47(38-28-22-35(23-29-38)41-16-8-13-34-12-4-5-14-40(34)41)39-30-24-36(25-31-39)42-17-9-19-45-46(42)43-15-6-7-18-44(43)48-45/h1-33H;1-31H/i1D,2D,3D,4D,8D,9D,10D,11D,16D,17D,18D,19D,32D,33D;1D,2D,3D,4D,5D,8D,10D,11D,12D,13D,14D,16D,20D,21D,26D,27D. The Kier molecular flexibility index (Phi) is 9.16. The van der Waals surface area contributed by atoms with Crippen molar-refractivity contribution in [1.29, 1.82) is 0 Å². The lowest BCUT2D eigenvalue weighted by Crippen LogP contribution is -2.09. The maximum absolute atomic E-state index is 9.36. The summed E-state index contributed by atoms with van der Waals surface area (Å²) < 4.78 is 271. The SMILES string of the molecule is [2H]c1c([2H])c([2H])c(-c2c([2H])c([2H])c(N(c3ccc(-c4c([2H])c([2H])c([2H])c5c([2H])c([2H])c([2H])c([2H])c45)cc3)c3ccc(-c4cccc5oc6ccccc6c45)cc3)c([2H])c2[2H])c([2H])c1[2H].[2H]c1c([2H])c([2H])c2c([2H])c(-c3ccc(N(c4ccc(-c5c([2H])c([2H])c6c([2H])c([2H])c([2H])c([2H])c6c5[2H])cc4)c4ccc(-c5cccc6oc7ccccc7c56)cc4)cc3)c([2H])c([2H])c2c1[2H]. The maximum atomic E-state index is 9.36. The van der Waals surface area contributed by atoms with Crippen LogP contribution in [0.5, 0.6) is 0 Å². The monoisotopic (exact) mass is 1310 g/mol. The Morgan fingerprint density at radius 3 is 1.04 bits per heavy atom. The van der Waals surface area contributed by atoms with E-state index in [-0.39, 0.29) is 90.1 Å². The molecule has 17 aromatic carbocycles. The second-order valence-corrected chi connectivity index (χ2v) is 23.2. The molecule has 0 aliphatic heterocycles. The van der Waals surface area contributed by atoms with Gasteiger partial charge in [0.15, 0.2) is 0 Å². The van der Waals surface area contributed by atoms with E-state index in [0.717, 1.165) is 60.7 Å². The maximum Gasteiger partial charge on any atom is 0.136 e. The fourth-order valence-corrected chi connectivity index (χ4v) is 12.6. The van der Waals surface area contributed by atoms with Crippen molar-refractivity contribution < 1.29 is 50.0 Å². The van der Waals surface area contributed by atoms with E-state index in [1.165, 1.54) is 17.0 Å². The first-order chi connectivity index (χ1) is 62.1. The lowest BCUT2D eigenvalue weighted by Gasteiger charge is -2.26. The molecule has 2 heterocycles. The van der Waals surface area contributed by atoms with E-state index in [9.17, 15) is 2.74 Å². The number of fused-ring (bicyclic) bond motifs is 9. The van der Waals surface area contributed by atoms with Crippen LogP contribution in [0, 0.1) is 0 Å². The molecule has 0 saturated carbocycles. The van der Waals surface area contributed by atoms with E-state index < -0.39 is 168 Å². The topological polar surface area (TPSA) is 32.8 Å². The van der Waals surface area contributed by atoms with Gasteiger partial charge >= 0.3 is 0 Å². The first-order valence-corrected chi connectivity index (χ1v) is 31.7. The summed E-state index contributed by atoms with van der Waals surface area (Å²) in [5.74, 6) is 0. The zero-order chi connectivity index (χ0) is 92.4. The molecule has 0 saturated heterocycles. The summed E-state index contributed by atoms with van der Waals surface area (Å²) in [5.41, 5.74) is 8.97. The molecule has 0 fully saturated rings. The molecule has 0 spiro atoms. The van der Waals surface area contributed by atoms with Gasteiger partial charge in [-0.15, -0.1) is 0 Å². The minimum atomic E-state index is -0.702. The normalized spacial score (nSPS) is 15.6. The molecule has 0 N–H and O–H groups in total. The highest BCUT2D eigenvalue weighted by Crippen LogP contribution is 2.44. The number of anilines is 6. The van der Waals surface area contributed by atoms with Crippen LogP contribution in [-0.2, 0) is 0 Å². The molecule has 470 valence electrons. The van der Waals surface area contributed by atoms with Gasteiger partial charge in [0.2, 0.25) is 0 Å². The van der Waals surface area contributed by atoms with Gasteiger partial charge in [0.05, 0.1) is 41.1 Å². The van der Waals surface area contributed by atoms with E-state index in [4.69, 9.17) is 47.2 Å². The first-order valence-electron chi connectivity index (χ1n) is 46.7. The highest BCUT2D eigenvalue weighted by molar-refractivity contribution is 6.14. The molecule has 19 rings (SSSR count). The highest BCUT2D eigenvalue weighted by Gasteiger charge is 2.20. The van der Waals surface area contributed by atoms with Crippen molar-refractivity contribution in [2.75, 3.05) is 9.80 Å². The third-order valence-corrected chi connectivity index (χ3v) is 17.3. The Morgan fingerprint density at radius 2 is 0.560 bits per heavy atom. The van der Waals surface area contributed by atoms with Crippen LogP contribution in [0.15, 0.2) is 396 Å². The summed E-state index contributed by atoms with van der Waals surface area (Å²) in [4.78, 5) is 3.40. The van der Waals surface area contributed by atoms with Gasteiger partial charge in [-0.25, -0.2) is 0 Å². The van der Waals surface area contributed by atoms with Gasteiger partial charge in [-0.05, 0) is 208 Å². The van der Waals surface area contributed by atoms with E-state index in [2.05, 4.69) is 0 Å². The van der Waals surface area contributed by atoms with Crippen molar-refractivity contribution in [3.63, 3.8) is 0 Å².